The number of para-hydroxylation sites is 1. The van der Waals surface area contributed by atoms with Crippen molar-refractivity contribution in [1.82, 2.24) is 34.7 Å². The Morgan fingerprint density at radius 2 is 1.82 bits per heavy atom. The second kappa shape index (κ2) is 13.5. The van der Waals surface area contributed by atoms with Crippen LogP contribution < -0.4 is 4.74 Å². The van der Waals surface area contributed by atoms with E-state index in [1.165, 1.54) is 5.56 Å². The fourth-order valence-electron chi connectivity index (χ4n) is 7.97. The first-order valence-electron chi connectivity index (χ1n) is 17.3. The largest absolute Gasteiger partial charge is 0.496 e. The highest BCUT2D eigenvalue weighted by atomic mass is 19.1. The van der Waals surface area contributed by atoms with Gasteiger partial charge in [0.15, 0.2) is 5.82 Å². The summed E-state index contributed by atoms with van der Waals surface area (Å²) in [6, 6.07) is 22.0. The predicted octanol–water partition coefficient (Wildman–Crippen LogP) is 5.63. The molecule has 256 valence electrons. The van der Waals surface area contributed by atoms with Gasteiger partial charge in [0, 0.05) is 67.9 Å². The summed E-state index contributed by atoms with van der Waals surface area (Å²) >= 11 is 0. The Kier molecular flexibility index (Phi) is 8.66. The smallest absolute Gasteiger partial charge is 0.270 e. The second-order valence-corrected chi connectivity index (χ2v) is 13.5. The average molecular weight is 674 g/mol. The number of rotatable bonds is 9. The Morgan fingerprint density at radius 1 is 0.980 bits per heavy atom. The molecule has 8 rings (SSSR count). The Hall–Kier alpha value is -5.29. The molecule has 0 radical (unpaired) electrons. The number of fused-ring (bicyclic) bond motifs is 2. The van der Waals surface area contributed by atoms with Gasteiger partial charge in [-0.25, -0.2) is 4.39 Å². The Labute approximate surface area is 290 Å². The van der Waals surface area contributed by atoms with Crippen LogP contribution in [0.5, 0.6) is 5.75 Å². The third-order valence-electron chi connectivity index (χ3n) is 10.5. The van der Waals surface area contributed by atoms with Gasteiger partial charge >= 0.3 is 0 Å². The van der Waals surface area contributed by atoms with Gasteiger partial charge in [0.05, 0.1) is 25.4 Å². The number of carbonyl (C=O) groups excluding carboxylic acids is 2. The lowest BCUT2D eigenvalue weighted by Crippen LogP contribution is -2.36. The van der Waals surface area contributed by atoms with Crippen molar-refractivity contribution in [2.75, 3.05) is 39.8 Å². The van der Waals surface area contributed by atoms with Crippen LogP contribution in [-0.4, -0.2) is 92.4 Å². The van der Waals surface area contributed by atoms with Gasteiger partial charge in [-0.3, -0.25) is 19.2 Å². The third-order valence-corrected chi connectivity index (χ3v) is 10.5. The lowest BCUT2D eigenvalue weighted by molar-refractivity contribution is -0.131. The molecule has 2 amide bonds. The van der Waals surface area contributed by atoms with Crippen molar-refractivity contribution in [2.24, 2.45) is 5.92 Å². The van der Waals surface area contributed by atoms with Gasteiger partial charge in [-0.15, -0.1) is 5.10 Å². The molecule has 0 spiro atoms. The molecule has 10 nitrogen and oxygen atoms in total. The fourth-order valence-corrected chi connectivity index (χ4v) is 7.97. The highest BCUT2D eigenvalue weighted by molar-refractivity contribution is 6.05. The minimum absolute atomic E-state index is 0.0250. The monoisotopic (exact) mass is 673 g/mol. The number of amides is 2. The molecule has 3 aromatic carbocycles. The topological polar surface area (TPSA) is 99.6 Å². The van der Waals surface area contributed by atoms with Crippen molar-refractivity contribution < 1.29 is 18.7 Å². The number of hydrogen-bond donors (Lipinski definition) is 1. The maximum absolute atomic E-state index is 16.7. The maximum atomic E-state index is 16.7. The van der Waals surface area contributed by atoms with Crippen LogP contribution in [0.25, 0.3) is 27.6 Å². The molecule has 3 aliphatic heterocycles. The summed E-state index contributed by atoms with van der Waals surface area (Å²) in [7, 11) is 1.62. The number of hydrogen-bond acceptors (Lipinski definition) is 6. The number of aromatic nitrogens is 4. The van der Waals surface area contributed by atoms with E-state index in [9.17, 15) is 9.59 Å². The molecule has 1 N–H and O–H groups in total. The van der Waals surface area contributed by atoms with E-state index in [1.807, 2.05) is 47.4 Å². The number of nitrogens with zero attached hydrogens (tertiary/aromatic N) is 6. The molecule has 2 aromatic heterocycles. The summed E-state index contributed by atoms with van der Waals surface area (Å²) in [4.78, 5) is 36.7. The summed E-state index contributed by atoms with van der Waals surface area (Å²) in [5.74, 6) is 0.480. The molecule has 2 atom stereocenters. The van der Waals surface area contributed by atoms with Gasteiger partial charge < -0.3 is 19.5 Å². The van der Waals surface area contributed by atoms with Crippen LogP contribution in [0.1, 0.15) is 40.9 Å². The normalized spacial score (nSPS) is 19.2. The van der Waals surface area contributed by atoms with Gasteiger partial charge in [0.2, 0.25) is 5.91 Å². The highest BCUT2D eigenvalue weighted by Crippen LogP contribution is 2.41. The predicted molar refractivity (Wildman–Crippen MR) is 189 cm³/mol. The highest BCUT2D eigenvalue weighted by Gasteiger charge is 2.43. The SMILES string of the molecule is COc1ccccc1-c1cc(C2=CCCN(C(=O)CCn3ccnn3)C2)c(F)c2[nH]c(C(=O)N3C[C@H]4CCN(Cc5ccccc5)[C@H]4C3)cc12. The molecule has 2 saturated heterocycles. The van der Waals surface area contributed by atoms with Gasteiger partial charge in [-0.2, -0.15) is 0 Å². The summed E-state index contributed by atoms with van der Waals surface area (Å²) in [6.45, 7) is 4.49. The van der Waals surface area contributed by atoms with E-state index in [2.05, 4.69) is 44.5 Å². The van der Waals surface area contributed by atoms with Gasteiger partial charge in [-0.05, 0) is 60.2 Å². The molecule has 5 aromatic rings. The lowest BCUT2D eigenvalue weighted by Gasteiger charge is -2.28. The van der Waals surface area contributed by atoms with E-state index < -0.39 is 5.82 Å². The zero-order valence-electron chi connectivity index (χ0n) is 28.1. The summed E-state index contributed by atoms with van der Waals surface area (Å²) in [5, 5.41) is 8.38. The van der Waals surface area contributed by atoms with Crippen LogP contribution >= 0.6 is 0 Å². The van der Waals surface area contributed by atoms with Crippen molar-refractivity contribution in [1.29, 1.82) is 0 Å². The quantitative estimate of drug-likeness (QED) is 0.218. The van der Waals surface area contributed by atoms with Crippen LogP contribution in [0.3, 0.4) is 0 Å². The Balaban J connectivity index is 1.09. The molecule has 2 fully saturated rings. The van der Waals surface area contributed by atoms with Gasteiger partial charge in [0.25, 0.3) is 5.91 Å². The van der Waals surface area contributed by atoms with E-state index in [4.69, 9.17) is 4.74 Å². The number of likely N-dealkylation sites (tertiary alicyclic amines) is 2. The number of aromatic amines is 1. The van der Waals surface area contributed by atoms with Gasteiger partial charge in [-0.1, -0.05) is 59.8 Å². The molecular formula is C39H40FN7O3. The molecule has 5 heterocycles. The minimum atomic E-state index is -0.437. The van der Waals surface area contributed by atoms with Gasteiger partial charge in [0.1, 0.15) is 11.4 Å². The zero-order valence-corrected chi connectivity index (χ0v) is 28.1. The maximum Gasteiger partial charge on any atom is 0.270 e. The summed E-state index contributed by atoms with van der Waals surface area (Å²) < 4.78 is 24.1. The number of benzene rings is 3. The number of H-pyrrole nitrogens is 1. The van der Waals surface area contributed by atoms with Crippen molar-refractivity contribution in [3.63, 3.8) is 0 Å². The molecule has 3 aliphatic rings. The Morgan fingerprint density at radius 3 is 2.64 bits per heavy atom. The van der Waals surface area contributed by atoms with E-state index in [-0.39, 0.29) is 30.3 Å². The molecule has 0 aliphatic carbocycles. The number of halogens is 1. The second-order valence-electron chi connectivity index (χ2n) is 13.5. The lowest BCUT2D eigenvalue weighted by atomic mass is 9.93. The molecular weight excluding hydrogens is 633 g/mol. The summed E-state index contributed by atoms with van der Waals surface area (Å²) in [6.07, 6.45) is 7.26. The Bertz CT molecular complexity index is 2060. The van der Waals surface area contributed by atoms with Crippen LogP contribution in [0.2, 0.25) is 0 Å². The van der Waals surface area contributed by atoms with Crippen LogP contribution in [0.15, 0.2) is 85.2 Å². The molecule has 50 heavy (non-hydrogen) atoms. The molecule has 0 saturated carbocycles. The molecule has 0 bridgehead atoms. The number of nitrogens with one attached hydrogen (secondary N) is 1. The van der Waals surface area contributed by atoms with E-state index >= 15 is 4.39 Å². The fraction of sp³-hybridized carbons (Fsp3) is 0.333. The first-order valence-corrected chi connectivity index (χ1v) is 17.3. The standard InChI is InChI=1S/C39H40FN7O3/c1-50-35-12-6-5-11-29(35)31-20-30(27-10-7-16-45(23-27)36(48)14-18-47-19-15-41-43-47)37(40)38-32(31)21-33(42-38)39(49)46-24-28-13-17-44(34(28)25-46)22-26-8-3-2-4-9-26/h2-6,8-12,15,19-21,28,34,42H,7,13-14,16-18,22-25H2,1H3/t28-,34+/m1/s1. The minimum Gasteiger partial charge on any atom is -0.496 e. The molecule has 0 unspecified atom stereocenters. The number of methoxy groups -OCH3 is 1. The number of ether oxygens (including phenoxy) is 1. The average Bonchev–Trinajstić information content (AvgIpc) is 3.97. The van der Waals surface area contributed by atoms with Crippen LogP contribution in [0, 0.1) is 11.7 Å². The van der Waals surface area contributed by atoms with Crippen molar-refractivity contribution in [3.8, 4) is 16.9 Å². The summed E-state index contributed by atoms with van der Waals surface area (Å²) in [5.41, 5.74) is 4.60. The third kappa shape index (κ3) is 6.06. The zero-order chi connectivity index (χ0) is 34.2. The van der Waals surface area contributed by atoms with Crippen LogP contribution in [-0.2, 0) is 17.9 Å². The van der Waals surface area contributed by atoms with E-state index in [0.29, 0.717) is 67.0 Å². The van der Waals surface area contributed by atoms with Crippen LogP contribution in [0.4, 0.5) is 4.39 Å². The van der Waals surface area contributed by atoms with E-state index in [1.54, 1.807) is 35.2 Å². The van der Waals surface area contributed by atoms with Crippen molar-refractivity contribution in [3.05, 3.63) is 108 Å². The molecule has 11 heteroatoms. The van der Waals surface area contributed by atoms with Crippen molar-refractivity contribution >= 4 is 28.3 Å². The number of aryl methyl sites for hydroxylation is 1. The van der Waals surface area contributed by atoms with Crippen molar-refractivity contribution in [2.45, 2.75) is 38.4 Å². The number of carbonyl (C=O) groups is 2. The first kappa shape index (κ1) is 31.9. The van der Waals surface area contributed by atoms with E-state index in [0.717, 1.165) is 36.2 Å². The first-order chi connectivity index (χ1) is 24.5.